The number of nitrogens with zero attached hydrogens (tertiary/aromatic N) is 3. The van der Waals surface area contributed by atoms with E-state index in [1.54, 1.807) is 0 Å². The minimum Gasteiger partial charge on any atom is -0.338 e. The first-order chi connectivity index (χ1) is 8.76. The predicted molar refractivity (Wildman–Crippen MR) is 65.0 cm³/mol. The van der Waals surface area contributed by atoms with Crippen molar-refractivity contribution in [2.45, 2.75) is 45.1 Å². The summed E-state index contributed by atoms with van der Waals surface area (Å²) in [6.45, 7) is 4.40. The van der Waals surface area contributed by atoms with Crippen molar-refractivity contribution in [1.29, 1.82) is 0 Å². The van der Waals surface area contributed by atoms with Gasteiger partial charge in [-0.15, -0.1) is 0 Å². The van der Waals surface area contributed by atoms with Gasteiger partial charge in [-0.1, -0.05) is 12.1 Å². The smallest absolute Gasteiger partial charge is 0.240 e. The molecule has 18 heavy (non-hydrogen) atoms. The summed E-state index contributed by atoms with van der Waals surface area (Å²) in [6.07, 6.45) is 3.96. The fourth-order valence-corrected chi connectivity index (χ4v) is 2.51. The molecule has 5 nitrogen and oxygen atoms in total. The van der Waals surface area contributed by atoms with Crippen molar-refractivity contribution < 1.29 is 9.32 Å². The number of carbonyl (C=O) groups excluding carboxylic acids is 1. The van der Waals surface area contributed by atoms with Gasteiger partial charge in [-0.25, -0.2) is 0 Å². The molecule has 2 fully saturated rings. The first-order valence-electron chi connectivity index (χ1n) is 6.83. The summed E-state index contributed by atoms with van der Waals surface area (Å²) in [4.78, 5) is 18.3. The molecular formula is C13H19N3O2. The molecule has 2 aliphatic rings. The van der Waals surface area contributed by atoms with Gasteiger partial charge < -0.3 is 4.52 Å². The van der Waals surface area contributed by atoms with Crippen LogP contribution in [0.15, 0.2) is 4.52 Å². The molecule has 0 radical (unpaired) electrons. The van der Waals surface area contributed by atoms with Crippen LogP contribution in [0.3, 0.4) is 0 Å². The lowest BCUT2D eigenvalue weighted by Gasteiger charge is -2.29. The third-order valence-corrected chi connectivity index (χ3v) is 3.89. The van der Waals surface area contributed by atoms with Crippen LogP contribution in [0.4, 0.5) is 0 Å². The van der Waals surface area contributed by atoms with Crippen molar-refractivity contribution in [3.05, 3.63) is 11.7 Å². The second-order valence-electron chi connectivity index (χ2n) is 5.38. The molecule has 1 aromatic rings. The number of hydrogen-bond acceptors (Lipinski definition) is 5. The molecule has 1 aliphatic carbocycles. The highest BCUT2D eigenvalue weighted by Gasteiger charge is 2.30. The minimum atomic E-state index is 0.185. The Morgan fingerprint density at radius 2 is 2.28 bits per heavy atom. The second-order valence-corrected chi connectivity index (χ2v) is 5.38. The number of hydrogen-bond donors (Lipinski definition) is 0. The first kappa shape index (κ1) is 11.8. The number of Topliss-reactive ketones (excluding diaryl/α,β-unsaturated/α-hetero) is 1. The molecule has 0 spiro atoms. The number of likely N-dealkylation sites (tertiary alicyclic amines) is 1. The number of carbonyl (C=O) groups is 1. The van der Waals surface area contributed by atoms with Crippen LogP contribution in [0.25, 0.3) is 0 Å². The summed E-state index contributed by atoms with van der Waals surface area (Å²) in [7, 11) is 0. The van der Waals surface area contributed by atoms with Crippen molar-refractivity contribution >= 4 is 5.78 Å². The van der Waals surface area contributed by atoms with E-state index in [0.29, 0.717) is 30.6 Å². The average molecular weight is 249 g/mol. The topological polar surface area (TPSA) is 59.2 Å². The predicted octanol–water partition coefficient (Wildman–Crippen LogP) is 1.75. The van der Waals surface area contributed by atoms with Gasteiger partial charge >= 0.3 is 0 Å². The Morgan fingerprint density at radius 3 is 3.00 bits per heavy atom. The monoisotopic (exact) mass is 249 g/mol. The molecule has 1 aromatic heterocycles. The van der Waals surface area contributed by atoms with Gasteiger partial charge in [0, 0.05) is 31.3 Å². The van der Waals surface area contributed by atoms with Crippen molar-refractivity contribution in [2.75, 3.05) is 13.1 Å². The van der Waals surface area contributed by atoms with Crippen LogP contribution in [0.1, 0.15) is 50.2 Å². The molecular weight excluding hydrogens is 230 g/mol. The second kappa shape index (κ2) is 4.80. The van der Waals surface area contributed by atoms with Gasteiger partial charge in [0.2, 0.25) is 5.89 Å². The number of piperidine rings is 1. The highest BCUT2D eigenvalue weighted by atomic mass is 16.5. The molecule has 0 N–H and O–H groups in total. The van der Waals surface area contributed by atoms with Gasteiger partial charge in [0.15, 0.2) is 5.82 Å². The largest absolute Gasteiger partial charge is 0.338 e. The molecule has 1 saturated carbocycles. The van der Waals surface area contributed by atoms with Gasteiger partial charge in [-0.2, -0.15) is 4.98 Å². The summed E-state index contributed by atoms with van der Waals surface area (Å²) < 4.78 is 5.28. The Kier molecular flexibility index (Phi) is 3.16. The third kappa shape index (κ3) is 2.46. The van der Waals surface area contributed by atoms with E-state index < -0.39 is 0 Å². The van der Waals surface area contributed by atoms with E-state index in [0.717, 1.165) is 25.3 Å². The SMILES string of the molecule is CCC1CN(Cc2nc(C3CC3)no2)CCC1=O. The van der Waals surface area contributed by atoms with Crippen LogP contribution >= 0.6 is 0 Å². The zero-order valence-electron chi connectivity index (χ0n) is 10.8. The Bertz CT molecular complexity index is 439. The van der Waals surface area contributed by atoms with Crippen molar-refractivity contribution in [2.24, 2.45) is 5.92 Å². The molecule has 0 bridgehead atoms. The zero-order chi connectivity index (χ0) is 12.5. The quantitative estimate of drug-likeness (QED) is 0.813. The van der Waals surface area contributed by atoms with Crippen molar-refractivity contribution in [3.8, 4) is 0 Å². The lowest BCUT2D eigenvalue weighted by molar-refractivity contribution is -0.126. The van der Waals surface area contributed by atoms with E-state index >= 15 is 0 Å². The van der Waals surface area contributed by atoms with E-state index in [-0.39, 0.29) is 5.92 Å². The Morgan fingerprint density at radius 1 is 1.44 bits per heavy atom. The fraction of sp³-hybridized carbons (Fsp3) is 0.769. The fourth-order valence-electron chi connectivity index (χ4n) is 2.51. The summed E-state index contributed by atoms with van der Waals surface area (Å²) in [5.41, 5.74) is 0. The first-order valence-corrected chi connectivity index (χ1v) is 6.83. The molecule has 98 valence electrons. The van der Waals surface area contributed by atoms with Gasteiger partial charge in [-0.05, 0) is 19.3 Å². The molecule has 3 rings (SSSR count). The van der Waals surface area contributed by atoms with Crippen molar-refractivity contribution in [1.82, 2.24) is 15.0 Å². The number of aromatic nitrogens is 2. The molecule has 1 aliphatic heterocycles. The third-order valence-electron chi connectivity index (χ3n) is 3.89. The molecule has 5 heteroatoms. The van der Waals surface area contributed by atoms with Crippen LogP contribution in [0.5, 0.6) is 0 Å². The maximum Gasteiger partial charge on any atom is 0.240 e. The summed E-state index contributed by atoms with van der Waals surface area (Å²) >= 11 is 0. The van der Waals surface area contributed by atoms with E-state index in [2.05, 4.69) is 22.0 Å². The van der Waals surface area contributed by atoms with Gasteiger partial charge in [-0.3, -0.25) is 9.69 Å². The summed E-state index contributed by atoms with van der Waals surface area (Å²) in [5, 5.41) is 4.02. The molecule has 2 heterocycles. The maximum absolute atomic E-state index is 11.6. The summed E-state index contributed by atoms with van der Waals surface area (Å²) in [6, 6.07) is 0. The normalized spacial score (nSPS) is 25.6. The van der Waals surface area contributed by atoms with Crippen LogP contribution in [-0.4, -0.2) is 33.9 Å². The zero-order valence-corrected chi connectivity index (χ0v) is 10.8. The highest BCUT2D eigenvalue weighted by molar-refractivity contribution is 5.82. The van der Waals surface area contributed by atoms with Crippen molar-refractivity contribution in [3.63, 3.8) is 0 Å². The van der Waals surface area contributed by atoms with E-state index in [4.69, 9.17) is 4.52 Å². The van der Waals surface area contributed by atoms with Gasteiger partial charge in [0.1, 0.15) is 5.78 Å². The molecule has 0 amide bonds. The molecule has 1 saturated heterocycles. The molecule has 0 aromatic carbocycles. The summed E-state index contributed by atoms with van der Waals surface area (Å²) in [5.74, 6) is 2.68. The lowest BCUT2D eigenvalue weighted by atomic mass is 9.94. The van der Waals surface area contributed by atoms with Crippen LogP contribution < -0.4 is 0 Å². The maximum atomic E-state index is 11.6. The van der Waals surface area contributed by atoms with Gasteiger partial charge in [0.05, 0.1) is 6.54 Å². The Labute approximate surface area is 107 Å². The van der Waals surface area contributed by atoms with Crippen LogP contribution in [0, 0.1) is 5.92 Å². The van der Waals surface area contributed by atoms with Crippen LogP contribution in [0.2, 0.25) is 0 Å². The number of ketones is 1. The van der Waals surface area contributed by atoms with E-state index in [1.807, 2.05) is 0 Å². The minimum absolute atomic E-state index is 0.185. The molecule has 1 unspecified atom stereocenters. The Hall–Kier alpha value is -1.23. The average Bonchev–Trinajstić information content (AvgIpc) is 3.13. The Balaban J connectivity index is 1.59. The highest BCUT2D eigenvalue weighted by Crippen LogP contribution is 2.38. The molecule has 1 atom stereocenters. The standard InChI is InChI=1S/C13H19N3O2/c1-2-9-7-16(6-5-11(9)17)8-12-14-13(15-18-12)10-3-4-10/h9-10H,2-8H2,1H3. The lowest BCUT2D eigenvalue weighted by Crippen LogP contribution is -2.40. The van der Waals surface area contributed by atoms with E-state index in [9.17, 15) is 4.79 Å². The van der Waals surface area contributed by atoms with E-state index in [1.165, 1.54) is 12.8 Å². The van der Waals surface area contributed by atoms with Crippen LogP contribution in [-0.2, 0) is 11.3 Å². The number of rotatable bonds is 4. The van der Waals surface area contributed by atoms with Gasteiger partial charge in [0.25, 0.3) is 0 Å².